The van der Waals surface area contributed by atoms with E-state index in [1.165, 1.54) is 0 Å². The molecule has 2 heterocycles. The number of aromatic nitrogens is 3. The average Bonchev–Trinajstić information content (AvgIpc) is 3.24. The molecule has 1 aliphatic heterocycles. The highest BCUT2D eigenvalue weighted by molar-refractivity contribution is 6.32. The molecular weight excluding hydrogens is 400 g/mol. The summed E-state index contributed by atoms with van der Waals surface area (Å²) in [7, 11) is 1.78. The molecule has 1 aromatic heterocycles. The van der Waals surface area contributed by atoms with Crippen molar-refractivity contribution in [1.82, 2.24) is 25.4 Å². The molecule has 156 valence electrons. The van der Waals surface area contributed by atoms with Crippen LogP contribution < -0.4 is 15.4 Å². The molecule has 1 aliphatic rings. The van der Waals surface area contributed by atoms with Crippen LogP contribution in [-0.4, -0.2) is 33.8 Å². The molecule has 30 heavy (non-hydrogen) atoms. The van der Waals surface area contributed by atoms with Crippen LogP contribution in [0.1, 0.15) is 23.4 Å². The number of guanidine groups is 1. The zero-order valence-electron chi connectivity index (χ0n) is 16.9. The van der Waals surface area contributed by atoms with E-state index >= 15 is 0 Å². The smallest absolute Gasteiger partial charge is 0.191 e. The van der Waals surface area contributed by atoms with E-state index in [1.807, 2.05) is 41.1 Å². The highest BCUT2D eigenvalue weighted by Gasteiger charge is 2.20. The molecule has 1 unspecified atom stereocenters. The van der Waals surface area contributed by atoms with Crippen LogP contribution in [0.25, 0.3) is 0 Å². The third-order valence-corrected chi connectivity index (χ3v) is 5.47. The fourth-order valence-corrected chi connectivity index (χ4v) is 3.70. The zero-order valence-corrected chi connectivity index (χ0v) is 17.6. The molecule has 1 atom stereocenters. The Kier molecular flexibility index (Phi) is 6.49. The molecule has 4 rings (SSSR count). The Hall–Kier alpha value is -3.06. The lowest BCUT2D eigenvalue weighted by molar-refractivity contribution is 0.305. The molecule has 0 saturated heterocycles. The number of para-hydroxylation sites is 1. The number of ether oxygens (including phenoxy) is 1. The number of nitrogens with zero attached hydrogens (tertiary/aromatic N) is 4. The van der Waals surface area contributed by atoms with Gasteiger partial charge in [-0.2, -0.15) is 5.10 Å². The topological polar surface area (TPSA) is 76.4 Å². The number of fused-ring (bicyclic) bond motifs is 1. The molecular formula is C22H25ClN6O. The van der Waals surface area contributed by atoms with E-state index in [-0.39, 0.29) is 6.04 Å². The number of aryl methyl sites for hydroxylation is 1. The van der Waals surface area contributed by atoms with Gasteiger partial charge in [-0.1, -0.05) is 48.0 Å². The van der Waals surface area contributed by atoms with Crippen molar-refractivity contribution in [3.05, 3.63) is 76.8 Å². The minimum atomic E-state index is 0.268. The fraction of sp³-hybridized carbons (Fsp3) is 0.318. The largest absolute Gasteiger partial charge is 0.487 e. The first-order chi connectivity index (χ1) is 14.7. The summed E-state index contributed by atoms with van der Waals surface area (Å²) in [5.41, 5.74) is 2.25. The van der Waals surface area contributed by atoms with Crippen LogP contribution in [0.5, 0.6) is 5.75 Å². The number of hydrogen-bond acceptors (Lipinski definition) is 4. The number of rotatable bonds is 6. The first-order valence-corrected chi connectivity index (χ1v) is 10.4. The maximum atomic E-state index is 6.20. The van der Waals surface area contributed by atoms with Gasteiger partial charge in [-0.15, -0.1) is 0 Å². The summed E-state index contributed by atoms with van der Waals surface area (Å²) in [6, 6.07) is 16.0. The molecule has 0 spiro atoms. The number of halogens is 1. The minimum Gasteiger partial charge on any atom is -0.487 e. The highest BCUT2D eigenvalue weighted by atomic mass is 35.5. The van der Waals surface area contributed by atoms with Gasteiger partial charge < -0.3 is 15.4 Å². The van der Waals surface area contributed by atoms with Gasteiger partial charge in [-0.05, 0) is 29.7 Å². The van der Waals surface area contributed by atoms with Gasteiger partial charge in [-0.25, -0.2) is 9.67 Å². The normalized spacial score (nSPS) is 16.1. The lowest BCUT2D eigenvalue weighted by atomic mass is 10.1. The highest BCUT2D eigenvalue weighted by Crippen LogP contribution is 2.24. The molecule has 0 radical (unpaired) electrons. The summed E-state index contributed by atoms with van der Waals surface area (Å²) in [6.45, 7) is 1.88. The second kappa shape index (κ2) is 9.63. The summed E-state index contributed by atoms with van der Waals surface area (Å²) in [4.78, 5) is 8.66. The Bertz CT molecular complexity index is 1020. The van der Waals surface area contributed by atoms with Crippen LogP contribution in [0.2, 0.25) is 5.02 Å². The second-order valence-corrected chi connectivity index (χ2v) is 7.56. The Morgan fingerprint density at radius 3 is 2.83 bits per heavy atom. The van der Waals surface area contributed by atoms with Crippen molar-refractivity contribution in [3.8, 4) is 5.75 Å². The predicted molar refractivity (Wildman–Crippen MR) is 118 cm³/mol. The van der Waals surface area contributed by atoms with Crippen molar-refractivity contribution in [1.29, 1.82) is 0 Å². The molecule has 0 bridgehead atoms. The first kappa shape index (κ1) is 20.2. The maximum absolute atomic E-state index is 6.20. The average molecular weight is 425 g/mol. The summed E-state index contributed by atoms with van der Waals surface area (Å²) < 4.78 is 7.88. The summed E-state index contributed by atoms with van der Waals surface area (Å²) in [5, 5.41) is 11.8. The maximum Gasteiger partial charge on any atom is 0.191 e. The van der Waals surface area contributed by atoms with Crippen molar-refractivity contribution in [3.63, 3.8) is 0 Å². The number of hydrogen-bond donors (Lipinski definition) is 2. The van der Waals surface area contributed by atoms with Crippen LogP contribution in [0.4, 0.5) is 0 Å². The van der Waals surface area contributed by atoms with Crippen molar-refractivity contribution in [2.45, 2.75) is 38.6 Å². The standard InChI is InChI=1S/C22H25ClN6O/c1-24-22(28-18-10-11-21-26-15-27-29(21)13-18)25-12-16-6-2-3-7-17(16)14-30-20-9-5-4-8-19(20)23/h2-9,15,18H,10-14H2,1H3,(H2,24,25,28). The van der Waals surface area contributed by atoms with Crippen LogP contribution in [0.3, 0.4) is 0 Å². The van der Waals surface area contributed by atoms with E-state index in [9.17, 15) is 0 Å². The number of benzene rings is 2. The third kappa shape index (κ3) is 4.91. The van der Waals surface area contributed by atoms with Crippen LogP contribution >= 0.6 is 11.6 Å². The third-order valence-electron chi connectivity index (χ3n) is 5.15. The molecule has 3 aromatic rings. The van der Waals surface area contributed by atoms with Crippen LogP contribution in [-0.2, 0) is 26.1 Å². The van der Waals surface area contributed by atoms with Gasteiger partial charge >= 0.3 is 0 Å². The Morgan fingerprint density at radius 1 is 1.20 bits per heavy atom. The van der Waals surface area contributed by atoms with Gasteiger partial charge in [0.05, 0.1) is 11.6 Å². The molecule has 0 fully saturated rings. The summed E-state index contributed by atoms with van der Waals surface area (Å²) in [6.07, 6.45) is 3.53. The van der Waals surface area contributed by atoms with Crippen LogP contribution in [0, 0.1) is 0 Å². The lowest BCUT2D eigenvalue weighted by Gasteiger charge is -2.25. The van der Waals surface area contributed by atoms with Gasteiger partial charge in [0, 0.05) is 26.1 Å². The Labute approximate surface area is 181 Å². The van der Waals surface area contributed by atoms with Gasteiger partial charge in [0.25, 0.3) is 0 Å². The summed E-state index contributed by atoms with van der Waals surface area (Å²) in [5.74, 6) is 2.50. The second-order valence-electron chi connectivity index (χ2n) is 7.15. The van der Waals surface area contributed by atoms with Crippen LogP contribution in [0.15, 0.2) is 59.9 Å². The van der Waals surface area contributed by atoms with E-state index < -0.39 is 0 Å². The molecule has 0 amide bonds. The lowest BCUT2D eigenvalue weighted by Crippen LogP contribution is -2.46. The number of aliphatic imine (C=N–C) groups is 1. The SMILES string of the molecule is CN=C(NCc1ccccc1COc1ccccc1Cl)NC1CCc2ncnn2C1. The van der Waals surface area contributed by atoms with E-state index in [4.69, 9.17) is 16.3 Å². The van der Waals surface area contributed by atoms with E-state index in [0.717, 1.165) is 42.3 Å². The van der Waals surface area contributed by atoms with Crippen molar-refractivity contribution < 1.29 is 4.74 Å². The minimum absolute atomic E-state index is 0.268. The Balaban J connectivity index is 1.34. The molecule has 2 aromatic carbocycles. The number of nitrogens with one attached hydrogen (secondary N) is 2. The van der Waals surface area contributed by atoms with Crippen molar-refractivity contribution in [2.24, 2.45) is 4.99 Å². The molecule has 7 nitrogen and oxygen atoms in total. The summed E-state index contributed by atoms with van der Waals surface area (Å²) >= 11 is 6.20. The molecule has 0 saturated carbocycles. The van der Waals surface area contributed by atoms with E-state index in [0.29, 0.717) is 23.9 Å². The van der Waals surface area contributed by atoms with Crippen molar-refractivity contribution >= 4 is 17.6 Å². The fourth-order valence-electron chi connectivity index (χ4n) is 3.51. The molecule has 0 aliphatic carbocycles. The zero-order chi connectivity index (χ0) is 20.8. The van der Waals surface area contributed by atoms with Gasteiger partial charge in [-0.3, -0.25) is 4.99 Å². The monoisotopic (exact) mass is 424 g/mol. The first-order valence-electron chi connectivity index (χ1n) is 10.0. The van der Waals surface area contributed by atoms with E-state index in [2.05, 4.69) is 37.8 Å². The quantitative estimate of drug-likeness (QED) is 0.469. The van der Waals surface area contributed by atoms with Crippen molar-refractivity contribution in [2.75, 3.05) is 7.05 Å². The van der Waals surface area contributed by atoms with E-state index in [1.54, 1.807) is 13.4 Å². The Morgan fingerprint density at radius 2 is 2.00 bits per heavy atom. The predicted octanol–water partition coefficient (Wildman–Crippen LogP) is 3.19. The molecule has 2 N–H and O–H groups in total. The molecule has 8 heteroatoms. The van der Waals surface area contributed by atoms with Gasteiger partial charge in [0.15, 0.2) is 5.96 Å². The van der Waals surface area contributed by atoms with Gasteiger partial charge in [0.1, 0.15) is 24.5 Å². The van der Waals surface area contributed by atoms with Gasteiger partial charge in [0.2, 0.25) is 0 Å².